The molecule has 2 aromatic carbocycles. The van der Waals surface area contributed by atoms with E-state index in [0.717, 1.165) is 34.9 Å². The number of hydrogen-bond donors (Lipinski definition) is 2. The van der Waals surface area contributed by atoms with Crippen molar-refractivity contribution in [3.05, 3.63) is 72.6 Å². The minimum absolute atomic E-state index is 0.0423. The molecule has 1 amide bonds. The highest BCUT2D eigenvalue weighted by Gasteiger charge is 2.49. The van der Waals surface area contributed by atoms with E-state index < -0.39 is 30.9 Å². The summed E-state index contributed by atoms with van der Waals surface area (Å²) < 4.78 is 55.4. The summed E-state index contributed by atoms with van der Waals surface area (Å²) >= 11 is 0. The molecule has 11 heteroatoms. The molecular weight excluding hydrogens is 572 g/mol. The molecule has 1 saturated heterocycles. The van der Waals surface area contributed by atoms with Crippen LogP contribution in [0.4, 0.5) is 17.6 Å². The van der Waals surface area contributed by atoms with Crippen molar-refractivity contribution in [3.63, 3.8) is 0 Å². The fraction of sp³-hybridized carbons (Fsp3) is 0.424. The quantitative estimate of drug-likeness (QED) is 0.183. The topological polar surface area (TPSA) is 80.9 Å². The first-order chi connectivity index (χ1) is 20.7. The number of H-pyrrole nitrogens is 2. The Bertz CT molecular complexity index is 1570. The van der Waals surface area contributed by atoms with Crippen molar-refractivity contribution in [2.75, 3.05) is 20.1 Å². The molecule has 0 bridgehead atoms. The molecule has 7 nitrogen and oxygen atoms in total. The van der Waals surface area contributed by atoms with Crippen LogP contribution < -0.4 is 0 Å². The third-order valence-corrected chi connectivity index (χ3v) is 8.17. The van der Waals surface area contributed by atoms with Gasteiger partial charge in [-0.2, -0.15) is 0 Å². The average molecular weight is 611 g/mol. The minimum atomic E-state index is -2.97. The van der Waals surface area contributed by atoms with E-state index in [0.29, 0.717) is 17.3 Å². The third kappa shape index (κ3) is 7.20. The summed E-state index contributed by atoms with van der Waals surface area (Å²) in [7, 11) is 1.63. The fourth-order valence-corrected chi connectivity index (χ4v) is 5.55. The SMILES string of the molecule is CC(C)[C@H](C)C(=O)N1CC(F)(F)C[C@H]1c1ncc(-c2ccc(-c3ccc(-c4cnc(CN(C)CC(C)(F)F)[nH]4)cc3)cc2)[nH]1. The van der Waals surface area contributed by atoms with Gasteiger partial charge in [-0.15, -0.1) is 0 Å². The number of amides is 1. The van der Waals surface area contributed by atoms with E-state index in [1.807, 2.05) is 62.4 Å². The first-order valence-electron chi connectivity index (χ1n) is 14.7. The molecule has 3 heterocycles. The Hall–Kier alpha value is -3.99. The van der Waals surface area contributed by atoms with Crippen LogP contribution in [0.1, 0.15) is 51.8 Å². The summed E-state index contributed by atoms with van der Waals surface area (Å²) in [6.45, 7) is 5.82. The molecule has 1 aliphatic heterocycles. The van der Waals surface area contributed by atoms with Crippen LogP contribution in [0, 0.1) is 11.8 Å². The largest absolute Gasteiger partial charge is 0.341 e. The molecule has 1 fully saturated rings. The molecule has 0 saturated carbocycles. The van der Waals surface area contributed by atoms with E-state index in [2.05, 4.69) is 19.9 Å². The van der Waals surface area contributed by atoms with Crippen LogP contribution in [0.3, 0.4) is 0 Å². The Balaban J connectivity index is 1.26. The molecule has 0 radical (unpaired) electrons. The van der Waals surface area contributed by atoms with Gasteiger partial charge in [0, 0.05) is 19.3 Å². The van der Waals surface area contributed by atoms with Crippen molar-refractivity contribution in [2.24, 2.45) is 11.8 Å². The first-order valence-corrected chi connectivity index (χ1v) is 14.7. The minimum Gasteiger partial charge on any atom is -0.341 e. The maximum atomic E-state index is 14.4. The summed E-state index contributed by atoms with van der Waals surface area (Å²) in [6, 6.07) is 14.9. The number of hydrogen-bond acceptors (Lipinski definition) is 4. The van der Waals surface area contributed by atoms with Gasteiger partial charge in [0.15, 0.2) is 0 Å². The van der Waals surface area contributed by atoms with E-state index >= 15 is 0 Å². The van der Waals surface area contributed by atoms with Gasteiger partial charge in [0.2, 0.25) is 5.91 Å². The summed E-state index contributed by atoms with van der Waals surface area (Å²) in [5.74, 6) is -5.37. The number of rotatable bonds is 10. The molecule has 234 valence electrons. The van der Waals surface area contributed by atoms with Gasteiger partial charge in [0.25, 0.3) is 11.8 Å². The Morgan fingerprint density at radius 2 is 1.48 bits per heavy atom. The van der Waals surface area contributed by atoms with E-state index in [-0.39, 0.29) is 30.8 Å². The normalized spacial score (nSPS) is 17.5. The van der Waals surface area contributed by atoms with Crippen molar-refractivity contribution in [3.8, 4) is 33.6 Å². The van der Waals surface area contributed by atoms with Gasteiger partial charge in [-0.05, 0) is 35.2 Å². The number of likely N-dealkylation sites (tertiary alicyclic amines) is 1. The summed E-state index contributed by atoms with van der Waals surface area (Å²) in [5.41, 5.74) is 5.24. The molecule has 0 aliphatic carbocycles. The van der Waals surface area contributed by atoms with Crippen LogP contribution >= 0.6 is 0 Å². The number of nitrogens with one attached hydrogen (secondary N) is 2. The zero-order valence-electron chi connectivity index (χ0n) is 25.5. The van der Waals surface area contributed by atoms with Crippen molar-refractivity contribution in [1.82, 2.24) is 29.7 Å². The van der Waals surface area contributed by atoms with Crippen LogP contribution in [-0.4, -0.2) is 67.6 Å². The fourth-order valence-electron chi connectivity index (χ4n) is 5.55. The monoisotopic (exact) mass is 610 g/mol. The van der Waals surface area contributed by atoms with Crippen LogP contribution in [0.15, 0.2) is 60.9 Å². The number of halogens is 4. The second-order valence-corrected chi connectivity index (χ2v) is 12.4. The zero-order chi connectivity index (χ0) is 31.8. The van der Waals surface area contributed by atoms with Gasteiger partial charge in [-0.1, -0.05) is 69.3 Å². The second kappa shape index (κ2) is 12.2. The maximum Gasteiger partial charge on any atom is 0.267 e. The molecule has 4 aromatic rings. The Kier molecular flexibility index (Phi) is 8.71. The number of carbonyl (C=O) groups excluding carboxylic acids is 1. The van der Waals surface area contributed by atoms with Gasteiger partial charge in [-0.3, -0.25) is 9.69 Å². The lowest BCUT2D eigenvalue weighted by Crippen LogP contribution is -2.38. The number of aromatic amines is 2. The third-order valence-electron chi connectivity index (χ3n) is 8.17. The molecule has 1 aliphatic rings. The van der Waals surface area contributed by atoms with Gasteiger partial charge >= 0.3 is 0 Å². The first kappa shape index (κ1) is 31.4. The highest BCUT2D eigenvalue weighted by atomic mass is 19.3. The number of aromatic nitrogens is 4. The van der Waals surface area contributed by atoms with E-state index in [4.69, 9.17) is 0 Å². The molecule has 0 unspecified atom stereocenters. The van der Waals surface area contributed by atoms with E-state index in [1.165, 1.54) is 9.80 Å². The van der Waals surface area contributed by atoms with Gasteiger partial charge < -0.3 is 14.9 Å². The number of benzene rings is 2. The lowest BCUT2D eigenvalue weighted by molar-refractivity contribution is -0.138. The van der Waals surface area contributed by atoms with Gasteiger partial charge in [-0.25, -0.2) is 27.5 Å². The summed E-state index contributed by atoms with van der Waals surface area (Å²) in [6.07, 6.45) is 2.86. The molecule has 44 heavy (non-hydrogen) atoms. The van der Waals surface area contributed by atoms with Gasteiger partial charge in [0.1, 0.15) is 11.6 Å². The summed E-state index contributed by atoms with van der Waals surface area (Å²) in [4.78, 5) is 30.9. The van der Waals surface area contributed by atoms with Crippen molar-refractivity contribution in [1.29, 1.82) is 0 Å². The molecule has 2 N–H and O–H groups in total. The Morgan fingerprint density at radius 3 is 2.02 bits per heavy atom. The molecule has 2 atom stereocenters. The molecule has 2 aromatic heterocycles. The zero-order valence-corrected chi connectivity index (χ0v) is 25.5. The van der Waals surface area contributed by atoms with Crippen molar-refractivity contribution < 1.29 is 22.4 Å². The van der Waals surface area contributed by atoms with Crippen LogP contribution in [0.25, 0.3) is 33.6 Å². The Labute approximate surface area is 254 Å². The highest BCUT2D eigenvalue weighted by molar-refractivity contribution is 5.79. The van der Waals surface area contributed by atoms with Crippen LogP contribution in [0.2, 0.25) is 0 Å². The predicted octanol–water partition coefficient (Wildman–Crippen LogP) is 7.42. The standard InChI is InChI=1S/C33H38F4N6O/c1-20(2)21(3)31(44)43-19-33(36,37)14-28(43)30-39-16-27(41-30)25-12-8-23(9-13-25)22-6-10-24(11-7-22)26-15-38-29(40-26)17-42(5)18-32(4,34)35/h6-13,15-16,20-21,28H,14,17-19H2,1-5H3,(H,38,40)(H,39,41)/t21-,28-/m0/s1. The Morgan fingerprint density at radius 1 is 0.955 bits per heavy atom. The van der Waals surface area contributed by atoms with E-state index in [1.54, 1.807) is 26.4 Å². The lowest BCUT2D eigenvalue weighted by Gasteiger charge is -2.27. The van der Waals surface area contributed by atoms with Crippen molar-refractivity contribution in [2.45, 2.75) is 58.5 Å². The molecule has 5 rings (SSSR count). The number of alkyl halides is 4. The van der Waals surface area contributed by atoms with Gasteiger partial charge in [0.05, 0.1) is 49.5 Å². The molecular formula is C33H38F4N6O. The van der Waals surface area contributed by atoms with Crippen molar-refractivity contribution >= 4 is 5.91 Å². The number of nitrogens with zero attached hydrogens (tertiary/aromatic N) is 4. The summed E-state index contributed by atoms with van der Waals surface area (Å²) in [5, 5.41) is 0. The number of carbonyl (C=O) groups is 1. The van der Waals surface area contributed by atoms with Crippen LogP contribution in [-0.2, 0) is 11.3 Å². The molecule has 0 spiro atoms. The second-order valence-electron chi connectivity index (χ2n) is 12.4. The van der Waals surface area contributed by atoms with E-state index in [9.17, 15) is 22.4 Å². The average Bonchev–Trinajstić information content (AvgIpc) is 3.70. The lowest BCUT2D eigenvalue weighted by atomic mass is 9.96. The number of imidazole rings is 2. The smallest absolute Gasteiger partial charge is 0.267 e. The maximum absolute atomic E-state index is 14.4. The van der Waals surface area contributed by atoms with Crippen LogP contribution in [0.5, 0.6) is 0 Å². The highest BCUT2D eigenvalue weighted by Crippen LogP contribution is 2.41. The predicted molar refractivity (Wildman–Crippen MR) is 162 cm³/mol.